The molecule has 1 fully saturated rings. The van der Waals surface area contributed by atoms with Gasteiger partial charge >= 0.3 is 0 Å². The molecular formula is C26H19Cl2N3O2S. The summed E-state index contributed by atoms with van der Waals surface area (Å²) in [6.07, 6.45) is 0.299. The normalized spacial score (nSPS) is 16.8. The predicted molar refractivity (Wildman–Crippen MR) is 138 cm³/mol. The van der Waals surface area contributed by atoms with Gasteiger partial charge < -0.3 is 5.32 Å². The predicted octanol–water partition coefficient (Wildman–Crippen LogP) is 6.37. The number of benzene rings is 3. The molecule has 0 spiro atoms. The SMILES string of the molecule is Cc1ccccc1N1C(=O)[C@H](Cc2cc(Cl)ccc2Cl)S/C1=C(\C#N)C(=O)Nc1ccccc1. The van der Waals surface area contributed by atoms with Crippen LogP contribution in [0.1, 0.15) is 11.1 Å². The number of thioether (sulfide) groups is 1. The fraction of sp³-hybridized carbons (Fsp3) is 0.115. The van der Waals surface area contributed by atoms with Crippen molar-refractivity contribution in [1.29, 1.82) is 5.26 Å². The van der Waals surface area contributed by atoms with Crippen molar-refractivity contribution in [2.75, 3.05) is 10.2 Å². The van der Waals surface area contributed by atoms with Crippen LogP contribution in [0.15, 0.2) is 83.4 Å². The fourth-order valence-corrected chi connectivity index (χ4v) is 5.31. The highest BCUT2D eigenvalue weighted by Gasteiger charge is 2.41. The summed E-state index contributed by atoms with van der Waals surface area (Å²) in [7, 11) is 0. The molecule has 2 amide bonds. The zero-order chi connectivity index (χ0) is 24.2. The molecule has 0 radical (unpaired) electrons. The summed E-state index contributed by atoms with van der Waals surface area (Å²) < 4.78 is 0. The van der Waals surface area contributed by atoms with Crippen LogP contribution in [0, 0.1) is 18.3 Å². The van der Waals surface area contributed by atoms with Crippen molar-refractivity contribution >= 4 is 58.2 Å². The number of nitrogens with one attached hydrogen (secondary N) is 1. The minimum Gasteiger partial charge on any atom is -0.321 e. The summed E-state index contributed by atoms with van der Waals surface area (Å²) in [6, 6.07) is 23.3. The van der Waals surface area contributed by atoms with Gasteiger partial charge in [-0.1, -0.05) is 71.4 Å². The molecule has 0 bridgehead atoms. The van der Waals surface area contributed by atoms with Crippen molar-refractivity contribution in [2.45, 2.75) is 18.6 Å². The van der Waals surface area contributed by atoms with Gasteiger partial charge in [0.15, 0.2) is 0 Å². The third kappa shape index (κ3) is 4.97. The van der Waals surface area contributed by atoms with Gasteiger partial charge in [0, 0.05) is 15.7 Å². The first-order valence-electron chi connectivity index (χ1n) is 10.4. The largest absolute Gasteiger partial charge is 0.321 e. The van der Waals surface area contributed by atoms with Crippen LogP contribution in [0.5, 0.6) is 0 Å². The molecule has 3 aromatic rings. The van der Waals surface area contributed by atoms with E-state index in [0.717, 1.165) is 11.1 Å². The molecule has 0 aliphatic carbocycles. The molecule has 0 aromatic heterocycles. The van der Waals surface area contributed by atoms with Crippen molar-refractivity contribution in [2.24, 2.45) is 0 Å². The molecule has 34 heavy (non-hydrogen) atoms. The fourth-order valence-electron chi connectivity index (χ4n) is 3.63. The minimum atomic E-state index is -0.585. The molecule has 8 heteroatoms. The van der Waals surface area contributed by atoms with E-state index in [1.165, 1.54) is 16.7 Å². The zero-order valence-electron chi connectivity index (χ0n) is 18.1. The van der Waals surface area contributed by atoms with Crippen LogP contribution in [-0.2, 0) is 16.0 Å². The highest BCUT2D eigenvalue weighted by molar-refractivity contribution is 8.05. The Bertz CT molecular complexity index is 1340. The minimum absolute atomic E-state index is 0.134. The summed E-state index contributed by atoms with van der Waals surface area (Å²) in [4.78, 5) is 28.2. The topological polar surface area (TPSA) is 73.2 Å². The Balaban J connectivity index is 1.76. The van der Waals surface area contributed by atoms with Crippen LogP contribution < -0.4 is 10.2 Å². The van der Waals surface area contributed by atoms with Crippen LogP contribution in [0.3, 0.4) is 0 Å². The molecule has 1 saturated heterocycles. The lowest BCUT2D eigenvalue weighted by atomic mass is 10.1. The first-order valence-corrected chi connectivity index (χ1v) is 12.0. The van der Waals surface area contributed by atoms with Gasteiger partial charge in [-0.05, 0) is 60.9 Å². The molecule has 0 saturated carbocycles. The number of para-hydroxylation sites is 2. The second-order valence-electron chi connectivity index (χ2n) is 7.62. The number of anilines is 2. The molecule has 5 nitrogen and oxygen atoms in total. The quantitative estimate of drug-likeness (QED) is 0.321. The standard InChI is InChI=1S/C26H19Cl2N3O2S/c1-16-7-5-6-10-22(16)31-25(33)23(14-17-13-18(27)11-12-21(17)28)34-26(31)20(15-29)24(32)30-19-8-3-2-4-9-19/h2-13,23H,14H2,1H3,(H,30,32)/b26-20+/t23-/m0/s1. The molecule has 1 aliphatic heterocycles. The smallest absolute Gasteiger partial charge is 0.269 e. The maximum absolute atomic E-state index is 13.6. The third-order valence-corrected chi connectivity index (χ3v) is 7.17. The number of halogens is 2. The van der Waals surface area contributed by atoms with Crippen LogP contribution in [0.2, 0.25) is 10.0 Å². The van der Waals surface area contributed by atoms with Gasteiger partial charge in [0.2, 0.25) is 5.91 Å². The number of amides is 2. The molecule has 4 rings (SSSR count). The van der Waals surface area contributed by atoms with Gasteiger partial charge in [0.25, 0.3) is 5.91 Å². The summed E-state index contributed by atoms with van der Waals surface area (Å²) in [5.74, 6) is -0.811. The van der Waals surface area contributed by atoms with Crippen molar-refractivity contribution in [3.05, 3.63) is 105 Å². The van der Waals surface area contributed by atoms with Crippen molar-refractivity contribution in [1.82, 2.24) is 0 Å². The van der Waals surface area contributed by atoms with Crippen LogP contribution in [0.25, 0.3) is 0 Å². The van der Waals surface area contributed by atoms with Gasteiger partial charge in [0.05, 0.1) is 10.9 Å². The molecule has 1 aliphatic rings. The maximum atomic E-state index is 13.6. The Morgan fingerprint density at radius 3 is 2.50 bits per heavy atom. The molecule has 3 aromatic carbocycles. The second kappa shape index (κ2) is 10.4. The van der Waals surface area contributed by atoms with Gasteiger partial charge in [-0.3, -0.25) is 14.5 Å². The Kier molecular flexibility index (Phi) is 7.28. The van der Waals surface area contributed by atoms with E-state index in [-0.39, 0.29) is 11.5 Å². The summed E-state index contributed by atoms with van der Waals surface area (Å²) in [5, 5.41) is 13.4. The summed E-state index contributed by atoms with van der Waals surface area (Å²) in [6.45, 7) is 1.88. The lowest BCUT2D eigenvalue weighted by Crippen LogP contribution is -2.31. The zero-order valence-corrected chi connectivity index (χ0v) is 20.4. The van der Waals surface area contributed by atoms with E-state index in [4.69, 9.17) is 23.2 Å². The van der Waals surface area contributed by atoms with E-state index in [1.54, 1.807) is 48.5 Å². The molecule has 1 heterocycles. The van der Waals surface area contributed by atoms with Crippen molar-refractivity contribution in [3.8, 4) is 6.07 Å². The van der Waals surface area contributed by atoms with Crippen LogP contribution in [-0.4, -0.2) is 17.1 Å². The Labute approximate surface area is 212 Å². The van der Waals surface area contributed by atoms with Crippen molar-refractivity contribution in [3.63, 3.8) is 0 Å². The number of rotatable bonds is 5. The first kappa shape index (κ1) is 23.9. The van der Waals surface area contributed by atoms with E-state index in [1.807, 2.05) is 37.3 Å². The average molecular weight is 508 g/mol. The lowest BCUT2D eigenvalue weighted by Gasteiger charge is -2.20. The summed E-state index contributed by atoms with van der Waals surface area (Å²) >= 11 is 13.7. The highest BCUT2D eigenvalue weighted by Crippen LogP contribution is 2.43. The Morgan fingerprint density at radius 2 is 1.79 bits per heavy atom. The second-order valence-corrected chi connectivity index (χ2v) is 9.65. The third-order valence-electron chi connectivity index (χ3n) is 5.31. The number of nitriles is 1. The molecule has 0 unspecified atom stereocenters. The Hall–Kier alpha value is -3.24. The molecule has 1 N–H and O–H groups in total. The van der Waals surface area contributed by atoms with E-state index < -0.39 is 11.2 Å². The number of hydrogen-bond acceptors (Lipinski definition) is 4. The number of hydrogen-bond donors (Lipinski definition) is 1. The van der Waals surface area contributed by atoms with Crippen molar-refractivity contribution < 1.29 is 9.59 Å². The van der Waals surface area contributed by atoms with Gasteiger partial charge in [-0.2, -0.15) is 5.26 Å². The number of aryl methyl sites for hydroxylation is 1. The molecular weight excluding hydrogens is 489 g/mol. The highest BCUT2D eigenvalue weighted by atomic mass is 35.5. The van der Waals surface area contributed by atoms with E-state index in [2.05, 4.69) is 5.32 Å². The Morgan fingerprint density at radius 1 is 1.09 bits per heavy atom. The maximum Gasteiger partial charge on any atom is 0.269 e. The van der Waals surface area contributed by atoms with Crippen LogP contribution in [0.4, 0.5) is 11.4 Å². The molecule has 1 atom stereocenters. The van der Waals surface area contributed by atoms with E-state index >= 15 is 0 Å². The van der Waals surface area contributed by atoms with E-state index in [0.29, 0.717) is 32.9 Å². The van der Waals surface area contributed by atoms with E-state index in [9.17, 15) is 14.9 Å². The number of carbonyl (C=O) groups excluding carboxylic acids is 2. The molecule has 170 valence electrons. The monoisotopic (exact) mass is 507 g/mol. The lowest BCUT2D eigenvalue weighted by molar-refractivity contribution is -0.117. The van der Waals surface area contributed by atoms with Crippen LogP contribution >= 0.6 is 35.0 Å². The average Bonchev–Trinajstić information content (AvgIpc) is 3.13. The number of carbonyl (C=O) groups is 2. The van der Waals surface area contributed by atoms with Gasteiger partial charge in [-0.15, -0.1) is 0 Å². The van der Waals surface area contributed by atoms with Gasteiger partial charge in [0.1, 0.15) is 16.7 Å². The number of nitrogens with zero attached hydrogens (tertiary/aromatic N) is 2. The van der Waals surface area contributed by atoms with Gasteiger partial charge in [-0.25, -0.2) is 0 Å². The first-order chi connectivity index (χ1) is 16.4. The summed E-state index contributed by atoms with van der Waals surface area (Å²) in [5.41, 5.74) is 2.61.